The van der Waals surface area contributed by atoms with Crippen molar-refractivity contribution < 1.29 is 33.5 Å². The molecular weight excluding hydrogens is 320 g/mol. The van der Waals surface area contributed by atoms with Crippen molar-refractivity contribution in [3.05, 3.63) is 0 Å². The molecule has 1 unspecified atom stereocenters. The standard InChI is InChI=1S/C14H22N4O6/c1-9(19)17-11(4-5-12(16)20)14(23)24-10(6-13(21)22)7-18(2,3)8-15/h10-11H,4-7H2,1-3H3,(H3-,16,17,19,20,21,22)/t10?,11-/m0/s1. The van der Waals surface area contributed by atoms with Gasteiger partial charge in [-0.15, -0.1) is 5.26 Å². The first-order valence-electron chi connectivity index (χ1n) is 7.17. The van der Waals surface area contributed by atoms with Crippen LogP contribution in [0.25, 0.3) is 0 Å². The molecule has 0 saturated carbocycles. The predicted octanol–water partition coefficient (Wildman–Crippen LogP) is -2.63. The van der Waals surface area contributed by atoms with E-state index in [2.05, 4.69) is 5.32 Å². The number of hydrogen-bond donors (Lipinski definition) is 2. The van der Waals surface area contributed by atoms with Crippen LogP contribution >= 0.6 is 0 Å². The number of amides is 2. The van der Waals surface area contributed by atoms with Crippen molar-refractivity contribution in [3.8, 4) is 6.19 Å². The maximum Gasteiger partial charge on any atom is 0.329 e. The number of carboxylic acid groups (broad SMARTS) is 1. The summed E-state index contributed by atoms with van der Waals surface area (Å²) >= 11 is 0. The van der Waals surface area contributed by atoms with E-state index in [0.717, 1.165) is 0 Å². The molecule has 3 N–H and O–H groups in total. The smallest absolute Gasteiger partial charge is 0.329 e. The van der Waals surface area contributed by atoms with Crippen molar-refractivity contribution in [2.75, 3.05) is 20.6 Å². The van der Waals surface area contributed by atoms with Crippen LogP contribution in [-0.2, 0) is 23.9 Å². The van der Waals surface area contributed by atoms with Gasteiger partial charge in [0.2, 0.25) is 11.8 Å². The number of likely N-dealkylation sites (N-methyl/N-ethyl adjacent to an activating group) is 1. The second-order valence-electron chi connectivity index (χ2n) is 5.86. The predicted molar refractivity (Wildman–Crippen MR) is 78.1 cm³/mol. The van der Waals surface area contributed by atoms with Gasteiger partial charge in [0.05, 0.1) is 14.1 Å². The number of ether oxygens (including phenoxy) is 1. The van der Waals surface area contributed by atoms with Crippen LogP contribution in [0.4, 0.5) is 0 Å². The van der Waals surface area contributed by atoms with Crippen molar-refractivity contribution in [2.24, 2.45) is 5.73 Å². The summed E-state index contributed by atoms with van der Waals surface area (Å²) in [5.41, 5.74) is 5.01. The Morgan fingerprint density at radius 3 is 2.33 bits per heavy atom. The summed E-state index contributed by atoms with van der Waals surface area (Å²) in [6.45, 7) is 1.09. The van der Waals surface area contributed by atoms with E-state index in [1.54, 1.807) is 0 Å². The lowest BCUT2D eigenvalue weighted by Crippen LogP contribution is -2.48. The maximum atomic E-state index is 12.2. The highest BCUT2D eigenvalue weighted by atomic mass is 16.5. The summed E-state index contributed by atoms with van der Waals surface area (Å²) in [4.78, 5) is 45.0. The fraction of sp³-hybridized carbons (Fsp3) is 0.643. The number of hydrogen-bond acceptors (Lipinski definition) is 7. The summed E-state index contributed by atoms with van der Waals surface area (Å²) in [7, 11) is 3.02. The Balaban J connectivity index is 5.06. The van der Waals surface area contributed by atoms with Crippen LogP contribution in [0.15, 0.2) is 0 Å². The molecule has 0 aromatic carbocycles. The Morgan fingerprint density at radius 2 is 1.92 bits per heavy atom. The van der Waals surface area contributed by atoms with Gasteiger partial charge in [0, 0.05) is 25.7 Å². The van der Waals surface area contributed by atoms with Crippen LogP contribution in [0.5, 0.6) is 0 Å². The average molecular weight is 342 g/mol. The van der Waals surface area contributed by atoms with Gasteiger partial charge in [-0.25, -0.2) is 9.28 Å². The molecule has 10 heteroatoms. The highest BCUT2D eigenvalue weighted by molar-refractivity contribution is 5.84. The molecule has 0 bridgehead atoms. The first kappa shape index (κ1) is 21.3. The third-order valence-electron chi connectivity index (χ3n) is 2.95. The molecule has 0 fully saturated rings. The van der Waals surface area contributed by atoms with E-state index >= 15 is 0 Å². The van der Waals surface area contributed by atoms with Gasteiger partial charge in [0.15, 0.2) is 6.10 Å². The molecule has 0 heterocycles. The van der Waals surface area contributed by atoms with E-state index in [1.165, 1.54) is 21.0 Å². The molecule has 24 heavy (non-hydrogen) atoms. The van der Waals surface area contributed by atoms with Gasteiger partial charge in [-0.2, -0.15) is 0 Å². The number of primary amides is 1. The molecule has 0 aromatic rings. The van der Waals surface area contributed by atoms with Crippen LogP contribution in [0.2, 0.25) is 0 Å². The van der Waals surface area contributed by atoms with E-state index < -0.39 is 42.3 Å². The molecule has 10 nitrogen and oxygen atoms in total. The zero-order valence-electron chi connectivity index (χ0n) is 13.9. The summed E-state index contributed by atoms with van der Waals surface area (Å²) in [5, 5.41) is 22.1. The number of carbonyl (C=O) groups excluding carboxylic acids is 4. The summed E-state index contributed by atoms with van der Waals surface area (Å²) < 4.78 is 4.85. The number of carboxylic acids is 1. The molecule has 0 aliphatic rings. The minimum atomic E-state index is -1.45. The van der Waals surface area contributed by atoms with E-state index in [1.807, 2.05) is 6.19 Å². The van der Waals surface area contributed by atoms with E-state index in [0.29, 0.717) is 0 Å². The van der Waals surface area contributed by atoms with E-state index in [9.17, 15) is 24.3 Å². The Labute approximate surface area is 139 Å². The first-order valence-corrected chi connectivity index (χ1v) is 7.17. The molecule has 0 saturated heterocycles. The molecule has 0 aromatic heterocycles. The third-order valence-corrected chi connectivity index (χ3v) is 2.95. The topological polar surface area (TPSA) is 162 Å². The van der Waals surface area contributed by atoms with Gasteiger partial charge in [0.25, 0.3) is 0 Å². The number of nitriles is 1. The Bertz CT molecular complexity index is 540. The van der Waals surface area contributed by atoms with Gasteiger partial charge < -0.3 is 25.7 Å². The van der Waals surface area contributed by atoms with Gasteiger partial charge in [-0.1, -0.05) is 0 Å². The normalized spacial score (nSPS) is 13.2. The average Bonchev–Trinajstić information content (AvgIpc) is 2.41. The summed E-state index contributed by atoms with van der Waals surface area (Å²) in [6.07, 6.45) is -0.0437. The largest absolute Gasteiger partial charge is 0.550 e. The molecule has 0 rings (SSSR count). The second kappa shape index (κ2) is 9.46. The first-order chi connectivity index (χ1) is 11.0. The number of nitrogens with zero attached hydrogens (tertiary/aromatic N) is 2. The van der Waals surface area contributed by atoms with Crippen molar-refractivity contribution >= 4 is 23.8 Å². The lowest BCUT2D eigenvalue weighted by Gasteiger charge is -2.27. The molecular formula is C14H22N4O6. The fourth-order valence-corrected chi connectivity index (χ4v) is 1.91. The highest BCUT2D eigenvalue weighted by Gasteiger charge is 2.29. The van der Waals surface area contributed by atoms with Gasteiger partial charge in [0.1, 0.15) is 12.6 Å². The third kappa shape index (κ3) is 9.37. The number of esters is 1. The maximum absolute atomic E-state index is 12.2. The Kier molecular flexibility index (Phi) is 8.41. The van der Waals surface area contributed by atoms with Crippen molar-refractivity contribution in [2.45, 2.75) is 38.3 Å². The SMILES string of the molecule is CC(=O)N[C@@H](CCC(N)=O)C(=O)OC(CC(=O)[O-])C[N+](C)(C)C#N. The molecule has 2 amide bonds. The molecule has 2 atom stereocenters. The Morgan fingerprint density at radius 1 is 1.33 bits per heavy atom. The number of nitrogens with one attached hydrogen (secondary N) is 1. The van der Waals surface area contributed by atoms with Gasteiger partial charge >= 0.3 is 12.2 Å². The Hall–Kier alpha value is -2.67. The molecule has 0 aliphatic carbocycles. The minimum absolute atomic E-state index is 0.0811. The van der Waals surface area contributed by atoms with E-state index in [-0.39, 0.29) is 23.9 Å². The van der Waals surface area contributed by atoms with Crippen molar-refractivity contribution in [3.63, 3.8) is 0 Å². The van der Waals surface area contributed by atoms with Crippen molar-refractivity contribution in [1.82, 2.24) is 5.32 Å². The summed E-state index contributed by atoms with van der Waals surface area (Å²) in [5.74, 6) is -3.53. The second-order valence-corrected chi connectivity index (χ2v) is 5.86. The van der Waals surface area contributed by atoms with Crippen LogP contribution in [0.3, 0.4) is 0 Å². The molecule has 0 aliphatic heterocycles. The summed E-state index contributed by atoms with van der Waals surface area (Å²) in [6, 6.07) is -1.14. The zero-order valence-corrected chi connectivity index (χ0v) is 13.9. The molecule has 0 radical (unpaired) electrons. The van der Waals surface area contributed by atoms with Crippen LogP contribution in [0, 0.1) is 11.5 Å². The van der Waals surface area contributed by atoms with Gasteiger partial charge in [-0.05, 0) is 6.42 Å². The van der Waals surface area contributed by atoms with Gasteiger partial charge in [-0.3, -0.25) is 9.59 Å². The lowest BCUT2D eigenvalue weighted by molar-refractivity contribution is -0.828. The lowest BCUT2D eigenvalue weighted by atomic mass is 10.1. The quantitative estimate of drug-likeness (QED) is 0.249. The number of quaternary nitrogens is 1. The fourth-order valence-electron chi connectivity index (χ4n) is 1.91. The van der Waals surface area contributed by atoms with Crippen LogP contribution in [-0.4, -0.2) is 61.0 Å². The number of carbonyl (C=O) groups is 4. The highest BCUT2D eigenvalue weighted by Crippen LogP contribution is 2.09. The van der Waals surface area contributed by atoms with E-state index in [4.69, 9.17) is 15.7 Å². The minimum Gasteiger partial charge on any atom is -0.550 e. The monoisotopic (exact) mass is 342 g/mol. The van der Waals surface area contributed by atoms with Crippen molar-refractivity contribution in [1.29, 1.82) is 5.26 Å². The number of nitrogens with two attached hydrogens (primary N) is 1. The zero-order chi connectivity index (χ0) is 18.9. The van der Waals surface area contributed by atoms with Crippen LogP contribution in [0.1, 0.15) is 26.2 Å². The number of rotatable bonds is 10. The number of aliphatic carboxylic acids is 1. The molecule has 0 spiro atoms. The molecule has 134 valence electrons. The van der Waals surface area contributed by atoms with Crippen LogP contribution < -0.4 is 16.2 Å².